The van der Waals surface area contributed by atoms with E-state index in [1.807, 2.05) is 6.92 Å². The van der Waals surface area contributed by atoms with Crippen molar-refractivity contribution >= 4 is 17.7 Å². The molecule has 0 amide bonds. The molecule has 19 heavy (non-hydrogen) atoms. The molecule has 1 rings (SSSR count). The number of aromatic nitrogens is 3. The fraction of sp³-hybridized carbons (Fsp3) is 0.727. The maximum Gasteiger partial charge on any atom is 0.361 e. The number of carbonyl (C=O) groups excluding carboxylic acids is 1. The normalized spacial score (nSPS) is 11.0. The molecule has 8 heteroatoms. The maximum atomic E-state index is 13.0. The molecule has 0 unspecified atom stereocenters. The van der Waals surface area contributed by atoms with E-state index in [2.05, 4.69) is 15.0 Å². The number of halogens is 2. The van der Waals surface area contributed by atoms with Crippen LogP contribution >= 0.6 is 11.8 Å². The van der Waals surface area contributed by atoms with E-state index < -0.39 is 18.1 Å². The summed E-state index contributed by atoms with van der Waals surface area (Å²) in [4.78, 5) is 11.5. The summed E-state index contributed by atoms with van der Waals surface area (Å²) in [6, 6.07) is 0. The summed E-state index contributed by atoms with van der Waals surface area (Å²) in [6.45, 7) is 4.07. The summed E-state index contributed by atoms with van der Waals surface area (Å²) in [5, 5.41) is 7.12. The Hall–Kier alpha value is -1.18. The largest absolute Gasteiger partial charge is 0.461 e. The van der Waals surface area contributed by atoms with Gasteiger partial charge in [0.2, 0.25) is 0 Å². The van der Waals surface area contributed by atoms with Crippen LogP contribution < -0.4 is 0 Å². The molecule has 0 radical (unpaired) electrons. The maximum absolute atomic E-state index is 13.0. The molecule has 1 aromatic rings. The van der Waals surface area contributed by atoms with Crippen LogP contribution in [0.1, 0.15) is 42.9 Å². The number of alkyl halides is 2. The highest BCUT2D eigenvalue weighted by Gasteiger charge is 2.27. The molecule has 0 aliphatic carbocycles. The number of thioether (sulfide) groups is 1. The van der Waals surface area contributed by atoms with Gasteiger partial charge in [0.15, 0.2) is 5.69 Å². The lowest BCUT2D eigenvalue weighted by atomic mass is 10.3. The van der Waals surface area contributed by atoms with E-state index in [0.29, 0.717) is 13.0 Å². The van der Waals surface area contributed by atoms with Crippen LogP contribution in [0.15, 0.2) is 0 Å². The molecule has 0 spiro atoms. The number of rotatable bonds is 8. The summed E-state index contributed by atoms with van der Waals surface area (Å²) in [5.41, 5.74) is -0.847. The Morgan fingerprint density at radius 2 is 2.21 bits per heavy atom. The van der Waals surface area contributed by atoms with E-state index >= 15 is 0 Å². The highest BCUT2D eigenvalue weighted by molar-refractivity contribution is 7.99. The Morgan fingerprint density at radius 1 is 1.47 bits per heavy atom. The van der Waals surface area contributed by atoms with Gasteiger partial charge in [-0.05, 0) is 24.9 Å². The first-order chi connectivity index (χ1) is 9.11. The van der Waals surface area contributed by atoms with Gasteiger partial charge in [-0.2, -0.15) is 11.8 Å². The van der Waals surface area contributed by atoms with Crippen molar-refractivity contribution in [3.8, 4) is 0 Å². The molecule has 0 aromatic carbocycles. The molecule has 0 fully saturated rings. The Morgan fingerprint density at radius 3 is 2.79 bits per heavy atom. The minimum atomic E-state index is -2.80. The Kier molecular flexibility index (Phi) is 6.75. The summed E-state index contributed by atoms with van der Waals surface area (Å²) in [7, 11) is 0. The minimum absolute atomic E-state index is 0.113. The summed E-state index contributed by atoms with van der Waals surface area (Å²) < 4.78 is 31.7. The van der Waals surface area contributed by atoms with Gasteiger partial charge in [-0.1, -0.05) is 12.1 Å². The first-order valence-corrected chi connectivity index (χ1v) is 7.23. The van der Waals surface area contributed by atoms with Gasteiger partial charge < -0.3 is 4.74 Å². The molecule has 0 saturated heterocycles. The van der Waals surface area contributed by atoms with Gasteiger partial charge in [-0.3, -0.25) is 0 Å². The molecule has 0 N–H and O–H groups in total. The van der Waals surface area contributed by atoms with E-state index in [1.165, 1.54) is 0 Å². The van der Waals surface area contributed by atoms with Crippen molar-refractivity contribution in [1.82, 2.24) is 15.0 Å². The molecular weight excluding hydrogens is 276 g/mol. The van der Waals surface area contributed by atoms with Crippen molar-refractivity contribution in [1.29, 1.82) is 0 Å². The van der Waals surface area contributed by atoms with Gasteiger partial charge in [0, 0.05) is 6.54 Å². The number of aryl methyl sites for hydroxylation is 1. The van der Waals surface area contributed by atoms with Gasteiger partial charge in [0.25, 0.3) is 6.43 Å². The third-order valence-corrected chi connectivity index (χ3v) is 3.30. The molecule has 1 heterocycles. The molecule has 0 bridgehead atoms. The number of nitrogens with zero attached hydrogens (tertiary/aromatic N) is 3. The fourth-order valence-electron chi connectivity index (χ4n) is 1.51. The second kappa shape index (κ2) is 8.08. The summed E-state index contributed by atoms with van der Waals surface area (Å²) >= 11 is 1.72. The van der Waals surface area contributed by atoms with E-state index in [-0.39, 0.29) is 12.3 Å². The standard InChI is InChI=1S/C11H17F2N3O2S/c1-3-18-11(17)8-9(10(12)13)16(15-14-8)6-5-7-19-4-2/h10H,3-7H2,1-2H3. The van der Waals surface area contributed by atoms with Crippen LogP contribution in [0.5, 0.6) is 0 Å². The van der Waals surface area contributed by atoms with Gasteiger partial charge in [-0.15, -0.1) is 5.10 Å². The zero-order chi connectivity index (χ0) is 14.3. The van der Waals surface area contributed by atoms with Crippen LogP contribution in [0.25, 0.3) is 0 Å². The molecule has 1 aromatic heterocycles. The third kappa shape index (κ3) is 4.45. The van der Waals surface area contributed by atoms with Crippen molar-refractivity contribution in [3.05, 3.63) is 11.4 Å². The first-order valence-electron chi connectivity index (χ1n) is 6.08. The number of esters is 1. The van der Waals surface area contributed by atoms with Crippen molar-refractivity contribution in [2.75, 3.05) is 18.1 Å². The average molecular weight is 293 g/mol. The Balaban J connectivity index is 2.78. The van der Waals surface area contributed by atoms with E-state index in [0.717, 1.165) is 16.2 Å². The Labute approximate surface area is 114 Å². The monoisotopic (exact) mass is 293 g/mol. The highest BCUT2D eigenvalue weighted by Crippen LogP contribution is 2.22. The lowest BCUT2D eigenvalue weighted by molar-refractivity contribution is 0.0506. The number of hydrogen-bond acceptors (Lipinski definition) is 5. The Bertz CT molecular complexity index is 413. The van der Waals surface area contributed by atoms with Crippen LogP contribution in [0.4, 0.5) is 8.78 Å². The second-order valence-corrected chi connectivity index (χ2v) is 5.01. The molecule has 0 aliphatic rings. The smallest absolute Gasteiger partial charge is 0.361 e. The van der Waals surface area contributed by atoms with Gasteiger partial charge in [-0.25, -0.2) is 18.3 Å². The predicted molar refractivity (Wildman–Crippen MR) is 68.6 cm³/mol. The summed E-state index contributed by atoms with van der Waals surface area (Å²) in [5.74, 6) is 0.980. The van der Waals surface area contributed by atoms with Crippen molar-refractivity contribution in [2.24, 2.45) is 0 Å². The van der Waals surface area contributed by atoms with Crippen LogP contribution in [-0.2, 0) is 11.3 Å². The van der Waals surface area contributed by atoms with Crippen molar-refractivity contribution in [2.45, 2.75) is 33.2 Å². The quantitative estimate of drug-likeness (QED) is 0.544. The molecular formula is C11H17F2N3O2S. The van der Waals surface area contributed by atoms with Gasteiger partial charge in [0.05, 0.1) is 6.61 Å². The lowest BCUT2D eigenvalue weighted by Gasteiger charge is -2.06. The van der Waals surface area contributed by atoms with Gasteiger partial charge in [0.1, 0.15) is 5.69 Å². The SMILES string of the molecule is CCOC(=O)c1nnn(CCCSCC)c1C(F)F. The molecule has 0 atom stereocenters. The minimum Gasteiger partial charge on any atom is -0.461 e. The fourth-order valence-corrected chi connectivity index (χ4v) is 2.13. The molecule has 0 aliphatic heterocycles. The van der Waals surface area contributed by atoms with Crippen molar-refractivity contribution < 1.29 is 18.3 Å². The van der Waals surface area contributed by atoms with Gasteiger partial charge >= 0.3 is 5.97 Å². The van der Waals surface area contributed by atoms with E-state index in [4.69, 9.17) is 0 Å². The number of carbonyl (C=O) groups is 1. The second-order valence-electron chi connectivity index (χ2n) is 3.62. The lowest BCUT2D eigenvalue weighted by Crippen LogP contribution is -2.12. The topological polar surface area (TPSA) is 57.0 Å². The summed E-state index contributed by atoms with van der Waals surface area (Å²) in [6.07, 6.45) is -2.10. The third-order valence-electron chi connectivity index (χ3n) is 2.31. The molecule has 108 valence electrons. The number of ether oxygens (including phenoxy) is 1. The van der Waals surface area contributed by atoms with Crippen LogP contribution in [0, 0.1) is 0 Å². The van der Waals surface area contributed by atoms with Crippen LogP contribution in [0.2, 0.25) is 0 Å². The number of hydrogen-bond donors (Lipinski definition) is 0. The molecule has 0 saturated carbocycles. The van der Waals surface area contributed by atoms with E-state index in [9.17, 15) is 13.6 Å². The van der Waals surface area contributed by atoms with E-state index in [1.54, 1.807) is 18.7 Å². The average Bonchev–Trinajstić information content (AvgIpc) is 2.79. The van der Waals surface area contributed by atoms with Crippen molar-refractivity contribution in [3.63, 3.8) is 0 Å². The molecule has 5 nitrogen and oxygen atoms in total. The van der Waals surface area contributed by atoms with Crippen LogP contribution in [0.3, 0.4) is 0 Å². The zero-order valence-corrected chi connectivity index (χ0v) is 11.8. The first kappa shape index (κ1) is 15.9. The predicted octanol–water partition coefficient (Wildman–Crippen LogP) is 2.54. The van der Waals surface area contributed by atoms with Crippen LogP contribution in [-0.4, -0.2) is 39.1 Å². The zero-order valence-electron chi connectivity index (χ0n) is 10.9. The highest BCUT2D eigenvalue weighted by atomic mass is 32.2.